The quantitative estimate of drug-likeness (QED) is 0.786. The Hall–Kier alpha value is -1.91. The van der Waals surface area contributed by atoms with Crippen LogP contribution < -0.4 is 10.1 Å². The second-order valence-electron chi connectivity index (χ2n) is 5.32. The first-order valence-electron chi connectivity index (χ1n) is 7.48. The van der Waals surface area contributed by atoms with Gasteiger partial charge in [-0.1, -0.05) is 30.3 Å². The van der Waals surface area contributed by atoms with Gasteiger partial charge in [-0.3, -0.25) is 0 Å². The van der Waals surface area contributed by atoms with E-state index in [2.05, 4.69) is 5.32 Å². The smallest absolute Gasteiger partial charge is 0.129 e. The van der Waals surface area contributed by atoms with Crippen molar-refractivity contribution in [1.29, 1.82) is 0 Å². The summed E-state index contributed by atoms with van der Waals surface area (Å²) in [5, 5.41) is 12.2. The van der Waals surface area contributed by atoms with Gasteiger partial charge in [-0.15, -0.1) is 0 Å². The summed E-state index contributed by atoms with van der Waals surface area (Å²) in [7, 11) is 0. The summed E-state index contributed by atoms with van der Waals surface area (Å²) in [4.78, 5) is 0. The lowest BCUT2D eigenvalue weighted by Crippen LogP contribution is -2.26. The maximum absolute atomic E-state index is 13.5. The summed E-state index contributed by atoms with van der Waals surface area (Å²) in [5.74, 6) is 0.468. The predicted octanol–water partition coefficient (Wildman–Crippen LogP) is 3.27. The molecule has 0 fully saturated rings. The van der Waals surface area contributed by atoms with Gasteiger partial charge in [0, 0.05) is 24.8 Å². The highest BCUT2D eigenvalue weighted by molar-refractivity contribution is 5.29. The van der Waals surface area contributed by atoms with Gasteiger partial charge in [0.15, 0.2) is 0 Å². The van der Waals surface area contributed by atoms with Crippen molar-refractivity contribution in [1.82, 2.24) is 5.32 Å². The highest BCUT2D eigenvalue weighted by atomic mass is 19.1. The Bertz CT molecular complexity index is 589. The van der Waals surface area contributed by atoms with E-state index in [1.54, 1.807) is 18.2 Å². The van der Waals surface area contributed by atoms with E-state index in [9.17, 15) is 4.39 Å². The van der Waals surface area contributed by atoms with Crippen LogP contribution in [0.25, 0.3) is 0 Å². The second kappa shape index (κ2) is 8.51. The van der Waals surface area contributed by atoms with E-state index in [1.165, 1.54) is 6.07 Å². The second-order valence-corrected chi connectivity index (χ2v) is 5.32. The molecule has 3 nitrogen and oxygen atoms in total. The molecule has 118 valence electrons. The maximum Gasteiger partial charge on any atom is 0.129 e. The summed E-state index contributed by atoms with van der Waals surface area (Å²) >= 11 is 0. The number of benzene rings is 2. The van der Waals surface area contributed by atoms with Gasteiger partial charge in [0.05, 0.1) is 0 Å². The van der Waals surface area contributed by atoms with Crippen molar-refractivity contribution < 1.29 is 14.2 Å². The molecular formula is C18H22FNO2. The molecule has 4 heteroatoms. The van der Waals surface area contributed by atoms with Gasteiger partial charge >= 0.3 is 0 Å². The number of nitrogens with one attached hydrogen (secondary N) is 1. The van der Waals surface area contributed by atoms with E-state index in [0.717, 1.165) is 17.7 Å². The minimum Gasteiger partial charge on any atom is -0.489 e. The molecule has 0 bridgehead atoms. The third kappa shape index (κ3) is 5.13. The Kier molecular flexibility index (Phi) is 6.37. The summed E-state index contributed by atoms with van der Waals surface area (Å²) in [5.41, 5.74) is 1.64. The first-order chi connectivity index (χ1) is 10.7. The van der Waals surface area contributed by atoms with Gasteiger partial charge < -0.3 is 15.2 Å². The zero-order valence-corrected chi connectivity index (χ0v) is 12.8. The Morgan fingerprint density at radius 1 is 1.18 bits per heavy atom. The Labute approximate surface area is 130 Å². The van der Waals surface area contributed by atoms with E-state index >= 15 is 0 Å². The van der Waals surface area contributed by atoms with Crippen LogP contribution in [-0.2, 0) is 13.2 Å². The van der Waals surface area contributed by atoms with E-state index in [-0.39, 0.29) is 25.1 Å². The molecule has 0 aromatic heterocycles. The fourth-order valence-electron chi connectivity index (χ4n) is 2.11. The molecule has 0 aliphatic carbocycles. The van der Waals surface area contributed by atoms with Gasteiger partial charge in [-0.2, -0.15) is 0 Å². The largest absolute Gasteiger partial charge is 0.489 e. The maximum atomic E-state index is 13.5. The number of aliphatic hydroxyl groups is 1. The molecule has 2 aromatic rings. The highest BCUT2D eigenvalue weighted by Gasteiger charge is 2.04. The lowest BCUT2D eigenvalue weighted by molar-refractivity contribution is 0.268. The van der Waals surface area contributed by atoms with Crippen LogP contribution in [0.1, 0.15) is 24.5 Å². The van der Waals surface area contributed by atoms with Crippen molar-refractivity contribution in [3.63, 3.8) is 0 Å². The summed E-state index contributed by atoms with van der Waals surface area (Å²) in [6.07, 6.45) is 0.726. The zero-order valence-electron chi connectivity index (χ0n) is 12.8. The Balaban J connectivity index is 1.90. The zero-order chi connectivity index (χ0) is 15.8. The van der Waals surface area contributed by atoms with Crippen molar-refractivity contribution in [3.8, 4) is 5.75 Å². The number of rotatable bonds is 8. The first kappa shape index (κ1) is 16.5. The number of aliphatic hydroxyl groups excluding tert-OH is 1. The molecule has 1 unspecified atom stereocenters. The third-order valence-electron chi connectivity index (χ3n) is 3.47. The molecule has 1 atom stereocenters. The van der Waals surface area contributed by atoms with Gasteiger partial charge in [0.2, 0.25) is 0 Å². The van der Waals surface area contributed by atoms with Crippen molar-refractivity contribution >= 4 is 0 Å². The molecule has 0 radical (unpaired) electrons. The van der Waals surface area contributed by atoms with Crippen LogP contribution in [0.2, 0.25) is 0 Å². The number of ether oxygens (including phenoxy) is 1. The molecule has 22 heavy (non-hydrogen) atoms. The van der Waals surface area contributed by atoms with E-state index < -0.39 is 0 Å². The standard InChI is InChI=1S/C18H22FNO2/c1-14(9-10-21)20-12-15-5-4-7-17(11-15)22-13-16-6-2-3-8-18(16)19/h2-8,11,14,20-21H,9-10,12-13H2,1H3. The molecule has 0 spiro atoms. The van der Waals surface area contributed by atoms with E-state index in [1.807, 2.05) is 31.2 Å². The van der Waals surface area contributed by atoms with E-state index in [4.69, 9.17) is 9.84 Å². The number of hydrogen-bond donors (Lipinski definition) is 2. The van der Waals surface area contributed by atoms with Gasteiger partial charge in [-0.05, 0) is 37.1 Å². The Morgan fingerprint density at radius 3 is 2.77 bits per heavy atom. The molecule has 0 saturated carbocycles. The Morgan fingerprint density at radius 2 is 2.00 bits per heavy atom. The summed E-state index contributed by atoms with van der Waals surface area (Å²) in [6, 6.07) is 14.6. The van der Waals surface area contributed by atoms with Crippen molar-refractivity contribution in [2.24, 2.45) is 0 Å². The number of hydrogen-bond acceptors (Lipinski definition) is 3. The molecule has 0 aliphatic heterocycles. The van der Waals surface area contributed by atoms with Crippen LogP contribution in [-0.4, -0.2) is 17.8 Å². The van der Waals surface area contributed by atoms with Crippen LogP contribution in [0.3, 0.4) is 0 Å². The van der Waals surface area contributed by atoms with Crippen LogP contribution in [0.15, 0.2) is 48.5 Å². The molecule has 2 N–H and O–H groups in total. The summed E-state index contributed by atoms with van der Waals surface area (Å²) < 4.78 is 19.2. The van der Waals surface area contributed by atoms with Crippen molar-refractivity contribution in [2.45, 2.75) is 32.5 Å². The van der Waals surface area contributed by atoms with E-state index in [0.29, 0.717) is 12.1 Å². The van der Waals surface area contributed by atoms with Crippen LogP contribution >= 0.6 is 0 Å². The van der Waals surface area contributed by atoms with Gasteiger partial charge in [0.25, 0.3) is 0 Å². The lowest BCUT2D eigenvalue weighted by Gasteiger charge is -2.13. The van der Waals surface area contributed by atoms with Crippen LogP contribution in [0.4, 0.5) is 4.39 Å². The SMILES string of the molecule is CC(CCO)NCc1cccc(OCc2ccccc2F)c1. The fourth-order valence-corrected chi connectivity index (χ4v) is 2.11. The molecule has 2 aromatic carbocycles. The van der Waals surface area contributed by atoms with Crippen LogP contribution in [0, 0.1) is 5.82 Å². The topological polar surface area (TPSA) is 41.5 Å². The molecule has 0 heterocycles. The molecular weight excluding hydrogens is 281 g/mol. The van der Waals surface area contributed by atoms with Crippen molar-refractivity contribution in [3.05, 3.63) is 65.5 Å². The average Bonchev–Trinajstić information content (AvgIpc) is 2.53. The minimum atomic E-state index is -0.252. The normalized spacial score (nSPS) is 12.1. The molecule has 0 amide bonds. The molecule has 0 aliphatic rings. The molecule has 2 rings (SSSR count). The predicted molar refractivity (Wildman–Crippen MR) is 85.2 cm³/mol. The van der Waals surface area contributed by atoms with Gasteiger partial charge in [0.1, 0.15) is 18.2 Å². The van der Waals surface area contributed by atoms with Gasteiger partial charge in [-0.25, -0.2) is 4.39 Å². The first-order valence-corrected chi connectivity index (χ1v) is 7.48. The minimum absolute atomic E-state index is 0.181. The summed E-state index contributed by atoms with van der Waals surface area (Å²) in [6.45, 7) is 3.14. The number of halogens is 1. The van der Waals surface area contributed by atoms with Crippen molar-refractivity contribution in [2.75, 3.05) is 6.61 Å². The fraction of sp³-hybridized carbons (Fsp3) is 0.333. The molecule has 0 saturated heterocycles. The van der Waals surface area contributed by atoms with Crippen LogP contribution in [0.5, 0.6) is 5.75 Å². The third-order valence-corrected chi connectivity index (χ3v) is 3.47. The highest BCUT2D eigenvalue weighted by Crippen LogP contribution is 2.16. The monoisotopic (exact) mass is 303 g/mol. The lowest BCUT2D eigenvalue weighted by atomic mass is 10.2. The average molecular weight is 303 g/mol.